The van der Waals surface area contributed by atoms with Crippen LogP contribution >= 0.6 is 0 Å². The second-order valence-corrected chi connectivity index (χ2v) is 0.715. The van der Waals surface area contributed by atoms with Gasteiger partial charge in [-0.15, -0.1) is 9.78 Å². The molecule has 0 aromatic heterocycles. The quantitative estimate of drug-likeness (QED) is 0.156. The van der Waals surface area contributed by atoms with E-state index < -0.39 is 6.16 Å². The van der Waals surface area contributed by atoms with Crippen molar-refractivity contribution in [2.24, 2.45) is 0 Å². The van der Waals surface area contributed by atoms with E-state index in [9.17, 15) is 0 Å². The molecule has 1 heterocycles. The van der Waals surface area contributed by atoms with E-state index in [1.54, 1.807) is 0 Å². The van der Waals surface area contributed by atoms with Crippen molar-refractivity contribution < 1.29 is 53.8 Å². The number of hydrogen-bond donors (Lipinski definition) is 2. The van der Waals surface area contributed by atoms with Crippen LogP contribution in [-0.2, 0) is 9.78 Å². The zero-order chi connectivity index (χ0) is 3.91. The molecule has 1 aliphatic heterocycles. The molecule has 0 atom stereocenters. The molecule has 1 fully saturated rings. The molecule has 0 bridgehead atoms. The van der Waals surface area contributed by atoms with Gasteiger partial charge in [-0.1, -0.05) is 0 Å². The summed E-state index contributed by atoms with van der Waals surface area (Å²) >= 11 is 0. The summed E-state index contributed by atoms with van der Waals surface area (Å²) in [4.78, 5) is 7.01. The van der Waals surface area contributed by atoms with Crippen molar-refractivity contribution in [2.45, 2.75) is 6.16 Å². The summed E-state index contributed by atoms with van der Waals surface area (Å²) in [5, 5.41) is 15.5. The third kappa shape index (κ3) is 5.98. The summed E-state index contributed by atoms with van der Waals surface area (Å²) in [5.74, 6) is 0. The SMILES string of the molecule is OC1(O)OO1.[Ca+2].[H-].[H-].[H-].[Na+]. The molecule has 2 N–H and O–H groups in total. The zero-order valence-corrected chi connectivity index (χ0v) is 8.13. The van der Waals surface area contributed by atoms with E-state index in [1.807, 2.05) is 0 Å². The molecule has 0 aliphatic carbocycles. The first-order valence-electron chi connectivity index (χ1n) is 1.02. The van der Waals surface area contributed by atoms with Gasteiger partial charge in [-0.2, -0.15) is 0 Å². The second kappa shape index (κ2) is 4.00. The molecule has 36 valence electrons. The topological polar surface area (TPSA) is 65.5 Å². The fraction of sp³-hybridized carbons (Fsp3) is 1.00. The average molecular weight is 144 g/mol. The maximum absolute atomic E-state index is 7.74. The standard InChI is InChI=1S/CH2O4.Ca.Na.3H/c2-1(3)4-5-1;;;;;/h2-3H;;;;;/q;+2;+1;3*-1. The molecule has 1 aliphatic rings. The summed E-state index contributed by atoms with van der Waals surface area (Å²) in [5.41, 5.74) is 0. The Labute approximate surface area is 96.5 Å². The largest absolute Gasteiger partial charge is 2.00 e. The van der Waals surface area contributed by atoms with Crippen molar-refractivity contribution in [2.75, 3.05) is 0 Å². The van der Waals surface area contributed by atoms with Crippen LogP contribution in [0.2, 0.25) is 0 Å². The maximum atomic E-state index is 7.74. The minimum Gasteiger partial charge on any atom is -1.00 e. The Bertz CT molecular complexity index is 58.5. The molecule has 0 spiro atoms. The maximum Gasteiger partial charge on any atom is 2.00 e. The minimum absolute atomic E-state index is 0. The summed E-state index contributed by atoms with van der Waals surface area (Å²) < 4.78 is 0. The number of hydrogen-bond acceptors (Lipinski definition) is 4. The summed E-state index contributed by atoms with van der Waals surface area (Å²) in [6, 6.07) is 0. The average Bonchev–Trinajstić information content (AvgIpc) is 1.76. The van der Waals surface area contributed by atoms with Gasteiger partial charge in [0.05, 0.1) is 0 Å². The van der Waals surface area contributed by atoms with Gasteiger partial charge in [-0.25, -0.2) is 0 Å². The van der Waals surface area contributed by atoms with Crippen LogP contribution in [0.5, 0.6) is 0 Å². The normalized spacial score (nSPS) is 21.4. The predicted octanol–water partition coefficient (Wildman–Crippen LogP) is -4.50. The predicted molar refractivity (Wildman–Crippen MR) is 18.4 cm³/mol. The Balaban J connectivity index is -0.0000000167. The van der Waals surface area contributed by atoms with E-state index in [0.717, 1.165) is 0 Å². The van der Waals surface area contributed by atoms with E-state index in [1.165, 1.54) is 0 Å². The first-order chi connectivity index (χ1) is 2.21. The van der Waals surface area contributed by atoms with E-state index in [-0.39, 0.29) is 71.6 Å². The van der Waals surface area contributed by atoms with Crippen molar-refractivity contribution in [1.82, 2.24) is 0 Å². The molecule has 0 aromatic rings. The van der Waals surface area contributed by atoms with Gasteiger partial charge in [0.25, 0.3) is 0 Å². The Hall–Kier alpha value is 2.10. The molecular formula is CH5CaNaO4. The molecule has 6 heteroatoms. The van der Waals surface area contributed by atoms with Gasteiger partial charge in [-0.05, 0) is 0 Å². The smallest absolute Gasteiger partial charge is 1.00 e. The molecule has 0 saturated carbocycles. The molecule has 0 amide bonds. The Morgan fingerprint density at radius 1 is 1.29 bits per heavy atom. The van der Waals surface area contributed by atoms with E-state index >= 15 is 0 Å². The third-order valence-electron chi connectivity index (χ3n) is 0.232. The molecular weight excluding hydrogens is 139 g/mol. The summed E-state index contributed by atoms with van der Waals surface area (Å²) in [6.45, 7) is 0. The summed E-state index contributed by atoms with van der Waals surface area (Å²) in [6.07, 6.45) is -2.25. The minimum atomic E-state index is -2.25. The van der Waals surface area contributed by atoms with Crippen LogP contribution in [-0.4, -0.2) is 54.1 Å². The third-order valence-corrected chi connectivity index (χ3v) is 0.232. The Morgan fingerprint density at radius 2 is 1.43 bits per heavy atom. The Morgan fingerprint density at radius 3 is 1.43 bits per heavy atom. The Kier molecular flexibility index (Phi) is 6.77. The van der Waals surface area contributed by atoms with Crippen molar-refractivity contribution in [1.29, 1.82) is 0 Å². The zero-order valence-electron chi connectivity index (χ0n) is 6.92. The van der Waals surface area contributed by atoms with Gasteiger partial charge in [0.1, 0.15) is 0 Å². The van der Waals surface area contributed by atoms with Crippen LogP contribution < -0.4 is 29.6 Å². The van der Waals surface area contributed by atoms with Crippen molar-refractivity contribution in [3.63, 3.8) is 0 Å². The van der Waals surface area contributed by atoms with Crippen LogP contribution in [0.3, 0.4) is 0 Å². The molecule has 0 aromatic carbocycles. The summed E-state index contributed by atoms with van der Waals surface area (Å²) in [7, 11) is 0. The van der Waals surface area contributed by atoms with Gasteiger partial charge in [0, 0.05) is 0 Å². The number of aliphatic hydroxyl groups is 2. The second-order valence-electron chi connectivity index (χ2n) is 0.715. The molecule has 1 saturated heterocycles. The number of rotatable bonds is 0. The van der Waals surface area contributed by atoms with Gasteiger partial charge < -0.3 is 14.5 Å². The van der Waals surface area contributed by atoms with E-state index in [2.05, 4.69) is 9.78 Å². The fourth-order valence-electron chi connectivity index (χ4n) is 0.0373. The van der Waals surface area contributed by atoms with Crippen LogP contribution in [0.1, 0.15) is 4.28 Å². The van der Waals surface area contributed by atoms with Crippen LogP contribution in [0.25, 0.3) is 0 Å². The molecule has 0 unspecified atom stereocenters. The van der Waals surface area contributed by atoms with Crippen molar-refractivity contribution >= 4 is 37.7 Å². The van der Waals surface area contributed by atoms with Crippen molar-refractivity contribution in [3.05, 3.63) is 0 Å². The van der Waals surface area contributed by atoms with Crippen molar-refractivity contribution in [3.8, 4) is 0 Å². The first kappa shape index (κ1) is 11.8. The van der Waals surface area contributed by atoms with Gasteiger partial charge >= 0.3 is 73.5 Å². The van der Waals surface area contributed by atoms with Gasteiger partial charge in [-0.3, -0.25) is 0 Å². The van der Waals surface area contributed by atoms with E-state index in [4.69, 9.17) is 10.2 Å². The van der Waals surface area contributed by atoms with Crippen LogP contribution in [0.4, 0.5) is 0 Å². The van der Waals surface area contributed by atoms with Gasteiger partial charge in [0.2, 0.25) is 0 Å². The van der Waals surface area contributed by atoms with Gasteiger partial charge in [0.15, 0.2) is 0 Å². The van der Waals surface area contributed by atoms with E-state index in [0.29, 0.717) is 0 Å². The molecule has 7 heavy (non-hydrogen) atoms. The van der Waals surface area contributed by atoms with Crippen LogP contribution in [0.15, 0.2) is 0 Å². The monoisotopic (exact) mass is 144 g/mol. The fourth-order valence-corrected chi connectivity index (χ4v) is 0.0373. The molecule has 0 radical (unpaired) electrons. The van der Waals surface area contributed by atoms with Crippen LogP contribution in [0, 0.1) is 0 Å². The first-order valence-corrected chi connectivity index (χ1v) is 1.02. The molecule has 4 nitrogen and oxygen atoms in total. The molecule has 1 rings (SSSR count).